The second-order valence-corrected chi connectivity index (χ2v) is 7.72. The third kappa shape index (κ3) is 2.37. The van der Waals surface area contributed by atoms with Gasteiger partial charge in [0.05, 0.1) is 17.0 Å². The first-order valence-electron chi connectivity index (χ1n) is 8.74. The van der Waals surface area contributed by atoms with Gasteiger partial charge in [0.1, 0.15) is 0 Å². The summed E-state index contributed by atoms with van der Waals surface area (Å²) in [6, 6.07) is 4.16. The molecule has 1 N–H and O–H groups in total. The van der Waals surface area contributed by atoms with E-state index in [0.29, 0.717) is 34.9 Å². The van der Waals surface area contributed by atoms with Crippen LogP contribution in [0.5, 0.6) is 5.75 Å². The minimum absolute atomic E-state index is 0.113. The van der Waals surface area contributed by atoms with Crippen LogP contribution in [-0.2, 0) is 0 Å². The number of piperidine rings is 3. The molecule has 4 heterocycles. The molecule has 0 unspecified atom stereocenters. The molecule has 5 nitrogen and oxygen atoms in total. The zero-order chi connectivity index (χ0) is 16.9. The molecular formula is C18H24ClN3O2. The Bertz CT molecular complexity index is 750. The zero-order valence-corrected chi connectivity index (χ0v) is 15.2. The SMILES string of the molecule is CCOc1c(Cl)ccc2c(N[C@@H]3C4CCN(CC4)C3(C)C)noc12. The first-order valence-corrected chi connectivity index (χ1v) is 9.12. The first-order chi connectivity index (χ1) is 11.5. The molecule has 24 heavy (non-hydrogen) atoms. The molecule has 3 fully saturated rings. The Hall–Kier alpha value is -1.46. The van der Waals surface area contributed by atoms with E-state index >= 15 is 0 Å². The third-order valence-corrected chi connectivity index (χ3v) is 6.01. The Morgan fingerprint density at radius 2 is 2.12 bits per heavy atom. The molecule has 0 aliphatic carbocycles. The Labute approximate surface area is 147 Å². The van der Waals surface area contributed by atoms with E-state index in [9.17, 15) is 0 Å². The Morgan fingerprint density at radius 3 is 2.79 bits per heavy atom. The minimum atomic E-state index is 0.113. The summed E-state index contributed by atoms with van der Waals surface area (Å²) in [6.07, 6.45) is 2.49. The van der Waals surface area contributed by atoms with Crippen molar-refractivity contribution in [3.05, 3.63) is 17.2 Å². The highest BCUT2D eigenvalue weighted by molar-refractivity contribution is 6.33. The predicted molar refractivity (Wildman–Crippen MR) is 96.0 cm³/mol. The van der Waals surface area contributed by atoms with Crippen molar-refractivity contribution in [1.82, 2.24) is 10.1 Å². The standard InChI is InChI=1S/C18H24ClN3O2/c1-4-23-15-13(19)6-5-12-14(15)24-21-17(12)20-16-11-7-9-22(10-8-11)18(16,2)3/h5-6,11,16H,4,7-10H2,1-3H3,(H,20,21)/t16-/m1/s1. The molecular weight excluding hydrogens is 326 g/mol. The van der Waals surface area contributed by atoms with Crippen LogP contribution in [-0.4, -0.2) is 41.3 Å². The quantitative estimate of drug-likeness (QED) is 0.898. The number of hydrogen-bond donors (Lipinski definition) is 1. The van der Waals surface area contributed by atoms with E-state index < -0.39 is 0 Å². The maximum Gasteiger partial charge on any atom is 0.212 e. The molecule has 1 atom stereocenters. The number of benzene rings is 1. The predicted octanol–water partition coefficient (Wildman–Crippen LogP) is 4.16. The Morgan fingerprint density at radius 1 is 1.38 bits per heavy atom. The molecule has 6 heteroatoms. The summed E-state index contributed by atoms with van der Waals surface area (Å²) < 4.78 is 11.2. The van der Waals surface area contributed by atoms with E-state index in [1.807, 2.05) is 19.1 Å². The molecule has 0 spiro atoms. The topological polar surface area (TPSA) is 50.5 Å². The summed E-state index contributed by atoms with van der Waals surface area (Å²) in [4.78, 5) is 2.58. The number of aromatic nitrogens is 1. The van der Waals surface area contributed by atoms with Crippen LogP contribution in [0.2, 0.25) is 5.02 Å². The molecule has 0 saturated carbocycles. The van der Waals surface area contributed by atoms with Gasteiger partial charge in [-0.25, -0.2) is 0 Å². The normalized spacial score (nSPS) is 28.2. The van der Waals surface area contributed by atoms with Gasteiger partial charge in [-0.2, -0.15) is 0 Å². The van der Waals surface area contributed by atoms with Gasteiger partial charge in [-0.05, 0) is 64.8 Å². The fraction of sp³-hybridized carbons (Fsp3) is 0.611. The number of hydrogen-bond acceptors (Lipinski definition) is 5. The lowest BCUT2D eigenvalue weighted by molar-refractivity contribution is -0.0189. The smallest absolute Gasteiger partial charge is 0.212 e. The highest BCUT2D eigenvalue weighted by Crippen LogP contribution is 2.42. The number of ether oxygens (including phenoxy) is 1. The highest BCUT2D eigenvalue weighted by atomic mass is 35.5. The van der Waals surface area contributed by atoms with Gasteiger partial charge in [0.25, 0.3) is 0 Å². The van der Waals surface area contributed by atoms with E-state index in [0.717, 1.165) is 11.2 Å². The van der Waals surface area contributed by atoms with Gasteiger partial charge in [0.15, 0.2) is 11.6 Å². The van der Waals surface area contributed by atoms with Gasteiger partial charge in [-0.15, -0.1) is 0 Å². The van der Waals surface area contributed by atoms with Crippen molar-refractivity contribution in [3.63, 3.8) is 0 Å². The molecule has 0 amide bonds. The van der Waals surface area contributed by atoms with E-state index in [1.165, 1.54) is 25.9 Å². The number of halogens is 1. The minimum Gasteiger partial charge on any atom is -0.488 e. The number of nitrogens with zero attached hydrogens (tertiary/aromatic N) is 2. The lowest BCUT2D eigenvalue weighted by Gasteiger charge is -2.56. The highest BCUT2D eigenvalue weighted by Gasteiger charge is 2.47. The van der Waals surface area contributed by atoms with Crippen LogP contribution in [0.15, 0.2) is 16.7 Å². The van der Waals surface area contributed by atoms with Crippen molar-refractivity contribution in [2.45, 2.75) is 45.2 Å². The van der Waals surface area contributed by atoms with E-state index in [4.69, 9.17) is 20.9 Å². The Balaban J connectivity index is 1.69. The van der Waals surface area contributed by atoms with Crippen molar-refractivity contribution in [2.75, 3.05) is 25.0 Å². The van der Waals surface area contributed by atoms with Crippen LogP contribution in [0.1, 0.15) is 33.6 Å². The second kappa shape index (κ2) is 5.81. The lowest BCUT2D eigenvalue weighted by atomic mass is 9.72. The Kier molecular flexibility index (Phi) is 3.88. The first kappa shape index (κ1) is 16.0. The lowest BCUT2D eigenvalue weighted by Crippen LogP contribution is -2.66. The molecule has 0 radical (unpaired) electrons. The van der Waals surface area contributed by atoms with Gasteiger partial charge in [0.2, 0.25) is 5.58 Å². The van der Waals surface area contributed by atoms with Gasteiger partial charge in [-0.3, -0.25) is 4.90 Å². The summed E-state index contributed by atoms with van der Waals surface area (Å²) in [7, 11) is 0. The molecule has 1 aromatic heterocycles. The summed E-state index contributed by atoms with van der Waals surface area (Å²) in [5.41, 5.74) is 0.729. The van der Waals surface area contributed by atoms with Crippen LogP contribution >= 0.6 is 11.6 Å². The number of fused-ring (bicyclic) bond motifs is 4. The molecule has 3 aliphatic heterocycles. The van der Waals surface area contributed by atoms with Gasteiger partial charge < -0.3 is 14.6 Å². The maximum atomic E-state index is 6.24. The fourth-order valence-corrected chi connectivity index (χ4v) is 4.57. The molecule has 3 aliphatic rings. The van der Waals surface area contributed by atoms with Gasteiger partial charge in [0, 0.05) is 11.6 Å². The summed E-state index contributed by atoms with van der Waals surface area (Å²) in [5, 5.41) is 9.43. The van der Waals surface area contributed by atoms with Crippen molar-refractivity contribution in [2.24, 2.45) is 5.92 Å². The summed E-state index contributed by atoms with van der Waals surface area (Å²) in [6.45, 7) is 9.50. The molecule has 2 aromatic rings. The van der Waals surface area contributed by atoms with Crippen molar-refractivity contribution < 1.29 is 9.26 Å². The summed E-state index contributed by atoms with van der Waals surface area (Å²) in [5.74, 6) is 2.04. The van der Waals surface area contributed by atoms with Crippen LogP contribution in [0.25, 0.3) is 11.0 Å². The monoisotopic (exact) mass is 349 g/mol. The maximum absolute atomic E-state index is 6.24. The number of anilines is 1. The fourth-order valence-electron chi connectivity index (χ4n) is 4.36. The molecule has 3 saturated heterocycles. The average molecular weight is 350 g/mol. The summed E-state index contributed by atoms with van der Waals surface area (Å²) >= 11 is 6.24. The van der Waals surface area contributed by atoms with Crippen molar-refractivity contribution >= 4 is 28.4 Å². The molecule has 130 valence electrons. The molecule has 2 bridgehead atoms. The van der Waals surface area contributed by atoms with Gasteiger partial charge >= 0.3 is 0 Å². The van der Waals surface area contributed by atoms with Crippen molar-refractivity contribution in [1.29, 1.82) is 0 Å². The molecule has 5 rings (SSSR count). The number of rotatable bonds is 4. The largest absolute Gasteiger partial charge is 0.488 e. The number of nitrogens with one attached hydrogen (secondary N) is 1. The second-order valence-electron chi connectivity index (χ2n) is 7.32. The zero-order valence-electron chi connectivity index (χ0n) is 14.4. The molecule has 1 aromatic carbocycles. The van der Waals surface area contributed by atoms with E-state index in [-0.39, 0.29) is 5.54 Å². The van der Waals surface area contributed by atoms with E-state index in [2.05, 4.69) is 29.2 Å². The van der Waals surface area contributed by atoms with Crippen LogP contribution in [0, 0.1) is 5.92 Å². The van der Waals surface area contributed by atoms with Crippen LogP contribution in [0.4, 0.5) is 5.82 Å². The van der Waals surface area contributed by atoms with E-state index in [1.54, 1.807) is 0 Å². The average Bonchev–Trinajstić information content (AvgIpc) is 2.97. The third-order valence-electron chi connectivity index (χ3n) is 5.72. The van der Waals surface area contributed by atoms with Crippen LogP contribution < -0.4 is 10.1 Å². The van der Waals surface area contributed by atoms with Gasteiger partial charge in [-0.1, -0.05) is 16.8 Å². The van der Waals surface area contributed by atoms with Crippen LogP contribution in [0.3, 0.4) is 0 Å². The van der Waals surface area contributed by atoms with Crippen molar-refractivity contribution in [3.8, 4) is 5.75 Å².